The largest absolute Gasteiger partial charge is 0.488 e. The molecule has 0 amide bonds. The normalized spacial score (nSPS) is 12.6. The second kappa shape index (κ2) is 19.8. The van der Waals surface area contributed by atoms with Gasteiger partial charge < -0.3 is 28.4 Å². The van der Waals surface area contributed by atoms with Gasteiger partial charge in [0.05, 0.1) is 13.2 Å². The third-order valence-electron chi connectivity index (χ3n) is 7.23. The molecule has 0 aliphatic heterocycles. The van der Waals surface area contributed by atoms with Crippen molar-refractivity contribution in [2.24, 2.45) is 0 Å². The molecule has 3 aromatic rings. The van der Waals surface area contributed by atoms with E-state index in [1.807, 2.05) is 48.5 Å². The molecule has 3 aromatic carbocycles. The van der Waals surface area contributed by atoms with Crippen molar-refractivity contribution in [2.75, 3.05) is 39.6 Å². The second-order valence-electron chi connectivity index (χ2n) is 10.9. The predicted molar refractivity (Wildman–Crippen MR) is 173 cm³/mol. The Morgan fingerprint density at radius 3 is 1.23 bits per heavy atom. The average molecular weight is 611 g/mol. The third kappa shape index (κ3) is 11.0. The van der Waals surface area contributed by atoms with Gasteiger partial charge in [-0.1, -0.05) is 102 Å². The zero-order valence-corrected chi connectivity index (χ0v) is 26.9. The first kappa shape index (κ1) is 35.1. The molecule has 0 heterocycles. The van der Waals surface area contributed by atoms with Crippen molar-refractivity contribution in [2.45, 2.75) is 91.3 Å². The number of hydrogen-bond acceptors (Lipinski definition) is 8. The monoisotopic (exact) mass is 610 g/mol. The van der Waals surface area contributed by atoms with Crippen LogP contribution >= 0.6 is 0 Å². The maximum atomic E-state index is 12.2. The van der Waals surface area contributed by atoms with E-state index in [-0.39, 0.29) is 51.2 Å². The van der Waals surface area contributed by atoms with Gasteiger partial charge in [-0.2, -0.15) is 0 Å². The lowest BCUT2D eigenvalue weighted by Crippen LogP contribution is -2.30. The van der Waals surface area contributed by atoms with E-state index >= 15 is 0 Å². The van der Waals surface area contributed by atoms with Crippen molar-refractivity contribution in [3.63, 3.8) is 0 Å². The van der Waals surface area contributed by atoms with Crippen molar-refractivity contribution in [3.8, 4) is 11.5 Å². The summed E-state index contributed by atoms with van der Waals surface area (Å²) in [5, 5.41) is 3.46. The van der Waals surface area contributed by atoms with Crippen molar-refractivity contribution >= 4 is 33.5 Å². The van der Waals surface area contributed by atoms with E-state index in [0.29, 0.717) is 24.7 Å². The zero-order valence-electron chi connectivity index (χ0n) is 26.9. The molecular formula is C36H50O8. The summed E-state index contributed by atoms with van der Waals surface area (Å²) >= 11 is 0. The summed E-state index contributed by atoms with van der Waals surface area (Å²) in [5.41, 5.74) is 0. The first-order chi connectivity index (χ1) is 21.5. The number of unbranched alkanes of at least 4 members (excludes halogenated alkanes) is 4. The van der Waals surface area contributed by atoms with Crippen molar-refractivity contribution in [3.05, 3.63) is 48.5 Å². The minimum atomic E-state index is -0.538. The molecule has 0 N–H and O–H groups in total. The summed E-state index contributed by atoms with van der Waals surface area (Å²) in [6.45, 7) is 9.91. The van der Waals surface area contributed by atoms with Gasteiger partial charge >= 0.3 is 11.9 Å². The number of fused-ring (bicyclic) bond motifs is 2. The Hall–Kier alpha value is -3.36. The van der Waals surface area contributed by atoms with Crippen LogP contribution in [0.3, 0.4) is 0 Å². The molecule has 0 aliphatic carbocycles. The summed E-state index contributed by atoms with van der Waals surface area (Å²) in [6.07, 6.45) is 5.82. The van der Waals surface area contributed by atoms with E-state index in [1.54, 1.807) is 13.8 Å². The fourth-order valence-electron chi connectivity index (χ4n) is 4.82. The minimum Gasteiger partial charge on any atom is -0.488 e. The van der Waals surface area contributed by atoms with Crippen LogP contribution in [-0.2, 0) is 28.5 Å². The summed E-state index contributed by atoms with van der Waals surface area (Å²) in [4.78, 5) is 24.3. The summed E-state index contributed by atoms with van der Waals surface area (Å²) in [6, 6.07) is 15.8. The average Bonchev–Trinajstić information content (AvgIpc) is 3.05. The minimum absolute atomic E-state index is 0.151. The van der Waals surface area contributed by atoms with Gasteiger partial charge in [0.2, 0.25) is 0 Å². The van der Waals surface area contributed by atoms with Crippen LogP contribution in [0, 0.1) is 0 Å². The van der Waals surface area contributed by atoms with Gasteiger partial charge in [0, 0.05) is 47.6 Å². The molecule has 3 rings (SSSR count). The van der Waals surface area contributed by atoms with Gasteiger partial charge in [0.15, 0.2) is 12.2 Å². The number of esters is 2. The molecule has 8 heteroatoms. The molecule has 0 fully saturated rings. The Kier molecular flexibility index (Phi) is 15.8. The number of carbonyl (C=O) groups excluding carboxylic acids is 2. The fourth-order valence-corrected chi connectivity index (χ4v) is 4.82. The summed E-state index contributed by atoms with van der Waals surface area (Å²) in [5.74, 6) is 0.782. The van der Waals surface area contributed by atoms with Crippen LogP contribution in [0.1, 0.15) is 79.1 Å². The Bertz CT molecular complexity index is 1130. The maximum absolute atomic E-state index is 12.2. The summed E-state index contributed by atoms with van der Waals surface area (Å²) < 4.78 is 35.9. The van der Waals surface area contributed by atoms with Gasteiger partial charge in [-0.05, 0) is 12.8 Å². The molecular weight excluding hydrogens is 560 g/mol. The molecule has 0 aliphatic rings. The highest BCUT2D eigenvalue weighted by molar-refractivity contribution is 6.11. The van der Waals surface area contributed by atoms with Crippen LogP contribution in [0.5, 0.6) is 11.5 Å². The number of carbonyl (C=O) groups is 2. The van der Waals surface area contributed by atoms with Crippen LogP contribution in [0.15, 0.2) is 48.5 Å². The van der Waals surface area contributed by atoms with Gasteiger partial charge in [0.1, 0.15) is 24.7 Å². The van der Waals surface area contributed by atoms with E-state index in [1.165, 1.54) is 0 Å². The van der Waals surface area contributed by atoms with Crippen molar-refractivity contribution in [1.29, 1.82) is 0 Å². The lowest BCUT2D eigenvalue weighted by atomic mass is 10.0. The molecule has 0 saturated carbocycles. The molecule has 8 nitrogen and oxygen atoms in total. The standard InChI is InChI=1S/C36H50O8/c1-5-9-15-21-39-23-27(43-33(37)7-3)25-41-35-29-17-11-13-19-31(29)36(32-20-14-12-18-30(32)35)42-26-28(44-34(38)8-4)24-40-22-16-10-6-2/h11-14,17-20,27-28H,5-10,15-16,21-26H2,1-4H3. The lowest BCUT2D eigenvalue weighted by Gasteiger charge is -2.23. The zero-order chi connectivity index (χ0) is 31.6. The smallest absolute Gasteiger partial charge is 0.305 e. The van der Waals surface area contributed by atoms with Gasteiger partial charge in [-0.3, -0.25) is 9.59 Å². The number of rotatable bonds is 22. The summed E-state index contributed by atoms with van der Waals surface area (Å²) in [7, 11) is 0. The van der Waals surface area contributed by atoms with E-state index in [0.717, 1.165) is 60.1 Å². The highest BCUT2D eigenvalue weighted by atomic mass is 16.6. The Morgan fingerprint density at radius 1 is 0.545 bits per heavy atom. The SMILES string of the molecule is CCCCCOCC(COc1c2ccccc2c(OCC(COCCCCC)OC(=O)CC)c2ccccc12)OC(=O)CC. The number of ether oxygens (including phenoxy) is 6. The second-order valence-corrected chi connectivity index (χ2v) is 10.9. The van der Waals surface area contributed by atoms with E-state index in [2.05, 4.69) is 13.8 Å². The Balaban J connectivity index is 1.85. The Morgan fingerprint density at radius 2 is 0.909 bits per heavy atom. The third-order valence-corrected chi connectivity index (χ3v) is 7.23. The van der Waals surface area contributed by atoms with Gasteiger partial charge in [-0.15, -0.1) is 0 Å². The van der Waals surface area contributed by atoms with Crippen LogP contribution in [0.2, 0.25) is 0 Å². The lowest BCUT2D eigenvalue weighted by molar-refractivity contribution is -0.154. The van der Waals surface area contributed by atoms with E-state index in [9.17, 15) is 9.59 Å². The molecule has 2 atom stereocenters. The highest BCUT2D eigenvalue weighted by Crippen LogP contribution is 2.42. The highest BCUT2D eigenvalue weighted by Gasteiger charge is 2.21. The Labute approximate surface area is 262 Å². The first-order valence-electron chi connectivity index (χ1n) is 16.3. The van der Waals surface area contributed by atoms with Gasteiger partial charge in [0.25, 0.3) is 0 Å². The molecule has 0 bridgehead atoms. The van der Waals surface area contributed by atoms with E-state index < -0.39 is 12.2 Å². The fraction of sp³-hybridized carbons (Fsp3) is 0.556. The molecule has 242 valence electrons. The van der Waals surface area contributed by atoms with Crippen molar-refractivity contribution < 1.29 is 38.0 Å². The topological polar surface area (TPSA) is 89.5 Å². The van der Waals surface area contributed by atoms with Crippen molar-refractivity contribution in [1.82, 2.24) is 0 Å². The molecule has 0 saturated heterocycles. The molecule has 0 spiro atoms. The van der Waals surface area contributed by atoms with E-state index in [4.69, 9.17) is 28.4 Å². The molecule has 0 aromatic heterocycles. The molecule has 2 unspecified atom stereocenters. The van der Waals surface area contributed by atoms with Crippen LogP contribution in [-0.4, -0.2) is 63.8 Å². The van der Waals surface area contributed by atoms with Gasteiger partial charge in [-0.25, -0.2) is 0 Å². The quantitative estimate of drug-likeness (QED) is 0.0647. The predicted octanol–water partition coefficient (Wildman–Crippen LogP) is 7.81. The van der Waals surface area contributed by atoms with Crippen LogP contribution < -0.4 is 9.47 Å². The number of benzene rings is 3. The van der Waals surface area contributed by atoms with Crippen LogP contribution in [0.4, 0.5) is 0 Å². The maximum Gasteiger partial charge on any atom is 0.305 e. The first-order valence-corrected chi connectivity index (χ1v) is 16.3. The molecule has 0 radical (unpaired) electrons. The number of hydrogen-bond donors (Lipinski definition) is 0. The molecule has 44 heavy (non-hydrogen) atoms. The van der Waals surface area contributed by atoms with Crippen LogP contribution in [0.25, 0.3) is 21.5 Å².